The van der Waals surface area contributed by atoms with Crippen LogP contribution in [0.15, 0.2) is 57.5 Å². The van der Waals surface area contributed by atoms with Crippen LogP contribution in [-0.2, 0) is 0 Å². The van der Waals surface area contributed by atoms with Crippen LogP contribution in [0, 0.1) is 10.1 Å². The fraction of sp³-hybridized carbons (Fsp3) is 0. The minimum Gasteiger partial charge on any atom is -0.374 e. The summed E-state index contributed by atoms with van der Waals surface area (Å²) in [5.41, 5.74) is 5.72. The van der Waals surface area contributed by atoms with Crippen molar-refractivity contribution in [3.8, 4) is 11.3 Å². The van der Waals surface area contributed by atoms with Crippen molar-refractivity contribution in [2.45, 2.75) is 0 Å². The number of halogens is 2. The van der Waals surface area contributed by atoms with Gasteiger partial charge < -0.3 is 5.73 Å². The smallest absolute Gasteiger partial charge is 0.301 e. The van der Waals surface area contributed by atoms with Crippen molar-refractivity contribution in [3.63, 3.8) is 0 Å². The first-order chi connectivity index (χ1) is 13.3. The van der Waals surface area contributed by atoms with Gasteiger partial charge in [-0.05, 0) is 42.5 Å². The average Bonchev–Trinajstić information content (AvgIpc) is 2.98. The van der Waals surface area contributed by atoms with Crippen molar-refractivity contribution in [1.29, 1.82) is 0 Å². The first kappa shape index (κ1) is 19.7. The molecule has 9 nitrogen and oxygen atoms in total. The van der Waals surface area contributed by atoms with Crippen molar-refractivity contribution >= 4 is 57.6 Å². The number of rotatable bonds is 4. The molecule has 0 unspecified atom stereocenters. The van der Waals surface area contributed by atoms with Crippen LogP contribution in [0.2, 0.25) is 10.0 Å². The van der Waals surface area contributed by atoms with Gasteiger partial charge in [-0.15, -0.1) is 10.2 Å². The Morgan fingerprint density at radius 3 is 2.43 bits per heavy atom. The van der Waals surface area contributed by atoms with Gasteiger partial charge in [0.25, 0.3) is 5.69 Å². The molecule has 0 aliphatic heterocycles. The summed E-state index contributed by atoms with van der Waals surface area (Å²) in [5, 5.41) is 22.0. The first-order valence-corrected chi connectivity index (χ1v) is 8.71. The van der Waals surface area contributed by atoms with E-state index < -0.39 is 10.5 Å². The highest BCUT2D eigenvalue weighted by Crippen LogP contribution is 2.32. The topological polar surface area (TPSA) is 132 Å². The maximum Gasteiger partial charge on any atom is 0.301 e. The number of nitro groups is 1. The molecule has 0 fully saturated rings. The Bertz CT molecular complexity index is 1170. The molecule has 1 aromatic heterocycles. The molecular weight excluding hydrogens is 427 g/mol. The fourth-order valence-corrected chi connectivity index (χ4v) is 2.87. The predicted molar refractivity (Wildman–Crippen MR) is 110 cm³/mol. The maximum absolute atomic E-state index is 12.6. The zero-order chi connectivity index (χ0) is 20.4. The van der Waals surface area contributed by atoms with E-state index in [4.69, 9.17) is 41.2 Å². The predicted octanol–water partition coefficient (Wildman–Crippen LogP) is 4.57. The second-order valence-electron chi connectivity index (χ2n) is 5.41. The summed E-state index contributed by atoms with van der Waals surface area (Å²) in [6, 6.07) is 10.1. The van der Waals surface area contributed by atoms with E-state index in [1.807, 2.05) is 0 Å². The van der Waals surface area contributed by atoms with E-state index in [0.29, 0.717) is 16.3 Å². The van der Waals surface area contributed by atoms with Crippen LogP contribution in [-0.4, -0.2) is 19.8 Å². The molecule has 0 aliphatic carbocycles. The fourth-order valence-electron chi connectivity index (χ4n) is 2.29. The van der Waals surface area contributed by atoms with E-state index in [0.717, 1.165) is 4.68 Å². The minimum absolute atomic E-state index is 0.0901. The average molecular weight is 437 g/mol. The van der Waals surface area contributed by atoms with Gasteiger partial charge in [-0.1, -0.05) is 23.2 Å². The van der Waals surface area contributed by atoms with E-state index in [1.165, 1.54) is 30.3 Å². The molecule has 0 aliphatic rings. The van der Waals surface area contributed by atoms with Gasteiger partial charge >= 0.3 is 5.56 Å². The summed E-state index contributed by atoms with van der Waals surface area (Å²) in [5.74, 6) is 0. The summed E-state index contributed by atoms with van der Waals surface area (Å²) < 4.78 is 0.921. The molecule has 0 bridgehead atoms. The minimum atomic E-state index is -0.630. The van der Waals surface area contributed by atoms with E-state index in [1.54, 1.807) is 12.1 Å². The van der Waals surface area contributed by atoms with Gasteiger partial charge in [0.1, 0.15) is 5.69 Å². The molecule has 2 aromatic carbocycles. The first-order valence-electron chi connectivity index (χ1n) is 7.54. The van der Waals surface area contributed by atoms with Crippen LogP contribution >= 0.6 is 35.4 Å². The third kappa shape index (κ3) is 3.93. The van der Waals surface area contributed by atoms with Crippen molar-refractivity contribution in [1.82, 2.24) is 9.78 Å². The number of nitrogens with one attached hydrogen (secondary N) is 1. The monoisotopic (exact) mass is 436 g/mol. The Balaban J connectivity index is 2.11. The second-order valence-corrected chi connectivity index (χ2v) is 6.68. The Kier molecular flexibility index (Phi) is 5.54. The van der Waals surface area contributed by atoms with Gasteiger partial charge in [-0.3, -0.25) is 20.0 Å². The van der Waals surface area contributed by atoms with Crippen molar-refractivity contribution in [2.75, 3.05) is 0 Å². The molecule has 3 N–H and O–H groups in total. The normalized spacial score (nSPS) is 11.1. The number of thiocarbonyl (C=S) groups is 1. The van der Waals surface area contributed by atoms with Crippen molar-refractivity contribution < 1.29 is 4.92 Å². The molecular formula is C16H10Cl2N6O3S. The zero-order valence-corrected chi connectivity index (χ0v) is 16.1. The summed E-state index contributed by atoms with van der Waals surface area (Å²) in [4.78, 5) is 22.9. The van der Waals surface area contributed by atoms with Gasteiger partial charge in [0.2, 0.25) is 0 Å². The molecule has 28 heavy (non-hydrogen) atoms. The number of nitrogens with two attached hydrogens (primary N) is 1. The highest BCUT2D eigenvalue weighted by Gasteiger charge is 2.18. The van der Waals surface area contributed by atoms with Crippen LogP contribution < -0.4 is 11.3 Å². The summed E-state index contributed by atoms with van der Waals surface area (Å²) in [7, 11) is 0. The number of hydrogen-bond donors (Lipinski definition) is 2. The molecule has 142 valence electrons. The van der Waals surface area contributed by atoms with Crippen LogP contribution in [0.1, 0.15) is 0 Å². The lowest BCUT2D eigenvalue weighted by Gasteiger charge is -2.00. The van der Waals surface area contributed by atoms with Gasteiger partial charge in [0.15, 0.2) is 10.8 Å². The largest absolute Gasteiger partial charge is 0.374 e. The van der Waals surface area contributed by atoms with Crippen LogP contribution in [0.4, 0.5) is 17.1 Å². The zero-order valence-electron chi connectivity index (χ0n) is 13.8. The van der Waals surface area contributed by atoms with Crippen molar-refractivity contribution in [2.24, 2.45) is 16.0 Å². The molecule has 3 rings (SSSR count). The number of nitro benzene ring substituents is 1. The van der Waals surface area contributed by atoms with E-state index in [9.17, 15) is 14.9 Å². The maximum atomic E-state index is 12.6. The lowest BCUT2D eigenvalue weighted by molar-refractivity contribution is -0.384. The van der Waals surface area contributed by atoms with Gasteiger partial charge in [0.05, 0.1) is 15.6 Å². The number of hydrogen-bond acceptors (Lipinski definition) is 6. The number of aromatic amines is 1. The number of aromatic nitrogens is 2. The number of non-ortho nitro benzene ring substituents is 1. The van der Waals surface area contributed by atoms with Crippen LogP contribution in [0.25, 0.3) is 11.3 Å². The molecule has 0 radical (unpaired) electrons. The number of azo groups is 1. The SMILES string of the molecule is NC(=S)n1[nH]c(-c2ccc([N+](=O)[O-])cc2)c(N=Nc2ccc(Cl)cc2Cl)c1=O. The standard InChI is InChI=1S/C16H10Cl2N6O3S/c17-9-3-6-12(11(18)7-9)20-21-14-13(22-23(15(14)25)16(19)28)8-1-4-10(5-2-8)24(26)27/h1-7,22H,(H2,19,28). The number of H-pyrrole nitrogens is 1. The molecule has 0 saturated heterocycles. The molecule has 0 saturated carbocycles. The molecule has 1 heterocycles. The van der Waals surface area contributed by atoms with Gasteiger partial charge in [0, 0.05) is 22.7 Å². The molecule has 3 aromatic rings. The molecule has 0 amide bonds. The van der Waals surface area contributed by atoms with Crippen molar-refractivity contribution in [3.05, 3.63) is 73.0 Å². The summed E-state index contributed by atoms with van der Waals surface area (Å²) in [6.07, 6.45) is 0. The van der Waals surface area contributed by atoms with E-state index >= 15 is 0 Å². The summed E-state index contributed by atoms with van der Waals surface area (Å²) in [6.45, 7) is 0. The highest BCUT2D eigenvalue weighted by atomic mass is 35.5. The summed E-state index contributed by atoms with van der Waals surface area (Å²) >= 11 is 16.8. The van der Waals surface area contributed by atoms with E-state index in [-0.39, 0.29) is 27.2 Å². The Morgan fingerprint density at radius 1 is 1.18 bits per heavy atom. The Labute approximate surface area is 172 Å². The third-order valence-electron chi connectivity index (χ3n) is 3.62. The molecule has 12 heteroatoms. The number of benzene rings is 2. The highest BCUT2D eigenvalue weighted by molar-refractivity contribution is 7.80. The quantitative estimate of drug-likeness (QED) is 0.267. The number of nitrogens with zero attached hydrogens (tertiary/aromatic N) is 4. The lowest BCUT2D eigenvalue weighted by Crippen LogP contribution is -2.29. The van der Waals surface area contributed by atoms with Crippen LogP contribution in [0.3, 0.4) is 0 Å². The Hall–Kier alpha value is -3.08. The Morgan fingerprint density at radius 2 is 1.86 bits per heavy atom. The van der Waals surface area contributed by atoms with Gasteiger partial charge in [-0.25, -0.2) is 0 Å². The third-order valence-corrected chi connectivity index (χ3v) is 4.34. The van der Waals surface area contributed by atoms with E-state index in [2.05, 4.69) is 15.3 Å². The lowest BCUT2D eigenvalue weighted by atomic mass is 10.1. The van der Waals surface area contributed by atoms with Gasteiger partial charge in [-0.2, -0.15) is 4.68 Å². The second kappa shape index (κ2) is 7.89. The van der Waals surface area contributed by atoms with Crippen LogP contribution in [0.5, 0.6) is 0 Å². The molecule has 0 spiro atoms. The molecule has 0 atom stereocenters.